The SMILES string of the molecule is Cc1c(-c2cccc(Cl)c2)[nH]n2c(=O)cc(C(C)n3ccnc3)nc12. The van der Waals surface area contributed by atoms with Gasteiger partial charge in [-0.1, -0.05) is 23.7 Å². The summed E-state index contributed by atoms with van der Waals surface area (Å²) < 4.78 is 3.38. The Hall–Kier alpha value is -2.86. The number of fused-ring (bicyclic) bond motifs is 1. The predicted molar refractivity (Wildman–Crippen MR) is 97.0 cm³/mol. The number of aryl methyl sites for hydroxylation is 1. The van der Waals surface area contributed by atoms with Crippen LogP contribution < -0.4 is 5.56 Å². The fourth-order valence-corrected chi connectivity index (χ4v) is 3.15. The van der Waals surface area contributed by atoms with E-state index >= 15 is 0 Å². The number of hydrogen-bond donors (Lipinski definition) is 1. The Morgan fingerprint density at radius 2 is 2.12 bits per heavy atom. The molecule has 3 aromatic heterocycles. The highest BCUT2D eigenvalue weighted by Crippen LogP contribution is 2.26. The zero-order chi connectivity index (χ0) is 17.6. The van der Waals surface area contributed by atoms with Crippen molar-refractivity contribution in [3.8, 4) is 11.3 Å². The lowest BCUT2D eigenvalue weighted by atomic mass is 10.1. The van der Waals surface area contributed by atoms with Gasteiger partial charge in [0.1, 0.15) is 0 Å². The zero-order valence-corrected chi connectivity index (χ0v) is 14.5. The number of nitrogens with zero attached hydrogens (tertiary/aromatic N) is 4. The first-order chi connectivity index (χ1) is 12.0. The molecule has 1 aromatic carbocycles. The van der Waals surface area contributed by atoms with Crippen LogP contribution in [-0.4, -0.2) is 24.1 Å². The molecule has 0 bridgehead atoms. The number of aromatic nitrogens is 5. The molecule has 0 aliphatic carbocycles. The summed E-state index contributed by atoms with van der Waals surface area (Å²) in [4.78, 5) is 21.3. The number of halogens is 1. The van der Waals surface area contributed by atoms with E-state index in [0.717, 1.165) is 16.8 Å². The van der Waals surface area contributed by atoms with Gasteiger partial charge in [-0.2, -0.15) is 0 Å². The number of rotatable bonds is 3. The lowest BCUT2D eigenvalue weighted by Gasteiger charge is -2.12. The average molecular weight is 354 g/mol. The number of H-pyrrole nitrogens is 1. The quantitative estimate of drug-likeness (QED) is 0.613. The second-order valence-corrected chi connectivity index (χ2v) is 6.42. The largest absolute Gasteiger partial charge is 0.329 e. The van der Waals surface area contributed by atoms with Gasteiger partial charge in [0, 0.05) is 34.6 Å². The summed E-state index contributed by atoms with van der Waals surface area (Å²) in [6, 6.07) is 8.98. The molecule has 6 nitrogen and oxygen atoms in total. The van der Waals surface area contributed by atoms with Gasteiger partial charge < -0.3 is 4.57 Å². The Morgan fingerprint density at radius 1 is 1.28 bits per heavy atom. The molecule has 7 heteroatoms. The molecular weight excluding hydrogens is 338 g/mol. The van der Waals surface area contributed by atoms with Gasteiger partial charge in [-0.3, -0.25) is 9.89 Å². The Morgan fingerprint density at radius 3 is 2.84 bits per heavy atom. The molecule has 0 amide bonds. The summed E-state index contributed by atoms with van der Waals surface area (Å²) in [5, 5.41) is 3.78. The second-order valence-electron chi connectivity index (χ2n) is 5.99. The molecule has 4 aromatic rings. The standard InChI is InChI=1S/C18H16ClN5O/c1-11-17(13-4-3-5-14(19)8-13)22-24-16(25)9-15(21-18(11)24)12(2)23-7-6-20-10-23/h3-10,12,22H,1-2H3. The van der Waals surface area contributed by atoms with Crippen molar-refractivity contribution in [2.75, 3.05) is 0 Å². The summed E-state index contributed by atoms with van der Waals surface area (Å²) in [5.41, 5.74) is 3.81. The Labute approximate surface area is 148 Å². The first kappa shape index (κ1) is 15.7. The van der Waals surface area contributed by atoms with Crippen molar-refractivity contribution in [3.05, 3.63) is 75.7 Å². The van der Waals surface area contributed by atoms with E-state index in [1.165, 1.54) is 4.52 Å². The molecule has 0 radical (unpaired) electrons. The van der Waals surface area contributed by atoms with Crippen LogP contribution >= 0.6 is 11.6 Å². The highest BCUT2D eigenvalue weighted by atomic mass is 35.5. The molecule has 0 spiro atoms. The third-order valence-electron chi connectivity index (χ3n) is 4.39. The van der Waals surface area contributed by atoms with Crippen molar-refractivity contribution in [1.82, 2.24) is 24.1 Å². The van der Waals surface area contributed by atoms with Gasteiger partial charge in [-0.25, -0.2) is 14.5 Å². The molecule has 1 atom stereocenters. The van der Waals surface area contributed by atoms with Crippen molar-refractivity contribution in [1.29, 1.82) is 0 Å². The van der Waals surface area contributed by atoms with E-state index in [4.69, 9.17) is 16.6 Å². The van der Waals surface area contributed by atoms with Crippen molar-refractivity contribution in [3.63, 3.8) is 0 Å². The molecule has 1 N–H and O–H groups in total. The van der Waals surface area contributed by atoms with Crippen LogP contribution in [0, 0.1) is 6.92 Å². The van der Waals surface area contributed by atoms with Gasteiger partial charge in [0.05, 0.1) is 23.8 Å². The Balaban J connectivity index is 1.89. The Bertz CT molecular complexity index is 1110. The molecule has 126 valence electrons. The minimum Gasteiger partial charge on any atom is -0.329 e. The number of aromatic amines is 1. The molecule has 0 fully saturated rings. The molecule has 3 heterocycles. The van der Waals surface area contributed by atoms with E-state index in [1.54, 1.807) is 18.6 Å². The first-order valence-electron chi connectivity index (χ1n) is 7.90. The molecular formula is C18H16ClN5O. The number of benzene rings is 1. The average Bonchev–Trinajstić information content (AvgIpc) is 3.23. The van der Waals surface area contributed by atoms with Crippen LogP contribution in [-0.2, 0) is 0 Å². The minimum atomic E-state index is -0.150. The minimum absolute atomic E-state index is 0.0795. The number of imidazole rings is 1. The van der Waals surface area contributed by atoms with Gasteiger partial charge in [0.2, 0.25) is 0 Å². The lowest BCUT2D eigenvalue weighted by molar-refractivity contribution is 0.617. The molecule has 0 saturated carbocycles. The van der Waals surface area contributed by atoms with Crippen LogP contribution in [0.25, 0.3) is 16.9 Å². The van der Waals surface area contributed by atoms with Crippen molar-refractivity contribution in [2.45, 2.75) is 19.9 Å². The third-order valence-corrected chi connectivity index (χ3v) is 4.62. The summed E-state index contributed by atoms with van der Waals surface area (Å²) in [6.07, 6.45) is 5.28. The van der Waals surface area contributed by atoms with Gasteiger partial charge in [-0.05, 0) is 26.0 Å². The maximum absolute atomic E-state index is 12.6. The van der Waals surface area contributed by atoms with E-state index in [0.29, 0.717) is 16.4 Å². The van der Waals surface area contributed by atoms with Crippen molar-refractivity contribution >= 4 is 17.2 Å². The Kier molecular flexibility index (Phi) is 3.69. The van der Waals surface area contributed by atoms with Gasteiger partial charge in [-0.15, -0.1) is 0 Å². The van der Waals surface area contributed by atoms with E-state index in [9.17, 15) is 4.79 Å². The number of nitrogens with one attached hydrogen (secondary N) is 1. The predicted octanol–water partition coefficient (Wildman–Crippen LogP) is 3.46. The van der Waals surface area contributed by atoms with Crippen LogP contribution in [0.4, 0.5) is 0 Å². The van der Waals surface area contributed by atoms with Crippen LogP contribution in [0.3, 0.4) is 0 Å². The molecule has 0 saturated heterocycles. The smallest absolute Gasteiger partial charge is 0.272 e. The summed E-state index contributed by atoms with van der Waals surface area (Å²) in [7, 11) is 0. The molecule has 4 rings (SSSR count). The van der Waals surface area contributed by atoms with Crippen LogP contribution in [0.15, 0.2) is 53.8 Å². The maximum atomic E-state index is 12.6. The maximum Gasteiger partial charge on any atom is 0.272 e. The topological polar surface area (TPSA) is 68.0 Å². The van der Waals surface area contributed by atoms with Gasteiger partial charge >= 0.3 is 0 Å². The van der Waals surface area contributed by atoms with Gasteiger partial charge in [0.25, 0.3) is 5.56 Å². The molecule has 1 unspecified atom stereocenters. The highest BCUT2D eigenvalue weighted by Gasteiger charge is 2.16. The zero-order valence-electron chi connectivity index (χ0n) is 13.8. The molecule has 25 heavy (non-hydrogen) atoms. The molecule has 0 aliphatic heterocycles. The van der Waals surface area contributed by atoms with E-state index in [1.807, 2.05) is 48.9 Å². The highest BCUT2D eigenvalue weighted by molar-refractivity contribution is 6.30. The van der Waals surface area contributed by atoms with Gasteiger partial charge in [0.15, 0.2) is 5.65 Å². The fraction of sp³-hybridized carbons (Fsp3) is 0.167. The third kappa shape index (κ3) is 2.64. The van der Waals surface area contributed by atoms with E-state index in [-0.39, 0.29) is 11.6 Å². The summed E-state index contributed by atoms with van der Waals surface area (Å²) in [6.45, 7) is 3.93. The fourth-order valence-electron chi connectivity index (χ4n) is 2.96. The monoisotopic (exact) mass is 353 g/mol. The van der Waals surface area contributed by atoms with Crippen LogP contribution in [0.5, 0.6) is 0 Å². The van der Waals surface area contributed by atoms with Crippen molar-refractivity contribution in [2.24, 2.45) is 0 Å². The van der Waals surface area contributed by atoms with E-state index < -0.39 is 0 Å². The normalized spacial score (nSPS) is 12.6. The van der Waals surface area contributed by atoms with E-state index in [2.05, 4.69) is 10.1 Å². The lowest BCUT2D eigenvalue weighted by Crippen LogP contribution is -2.18. The van der Waals surface area contributed by atoms with Crippen LogP contribution in [0.2, 0.25) is 5.02 Å². The summed E-state index contributed by atoms with van der Waals surface area (Å²) >= 11 is 6.09. The summed E-state index contributed by atoms with van der Waals surface area (Å²) in [5.74, 6) is 0. The number of hydrogen-bond acceptors (Lipinski definition) is 3. The van der Waals surface area contributed by atoms with Crippen molar-refractivity contribution < 1.29 is 0 Å². The molecule has 0 aliphatic rings. The second kappa shape index (κ2) is 5.89. The first-order valence-corrected chi connectivity index (χ1v) is 8.28. The van der Waals surface area contributed by atoms with Crippen LogP contribution in [0.1, 0.15) is 24.2 Å².